The van der Waals surface area contributed by atoms with Crippen molar-refractivity contribution in [2.45, 2.75) is 161 Å². The Morgan fingerprint density at radius 2 is 1.00 bits per heavy atom. The summed E-state index contributed by atoms with van der Waals surface area (Å²) in [5.74, 6) is -0.202. The first-order chi connectivity index (χ1) is 16.2. The standard InChI is InChI=1S/C29H58O4/c1-3-5-7-9-11-12-13-14-15-16-17-18-19-20-22-24-29(31)33-28(26-30)27-32-25-23-21-10-8-6-4-2/h28,30H,3-27H2,1-2H3. The summed E-state index contributed by atoms with van der Waals surface area (Å²) in [5.41, 5.74) is 0. The van der Waals surface area contributed by atoms with E-state index < -0.39 is 6.10 Å². The van der Waals surface area contributed by atoms with Gasteiger partial charge in [0, 0.05) is 13.0 Å². The van der Waals surface area contributed by atoms with Crippen LogP contribution in [0.4, 0.5) is 0 Å². The normalized spacial score (nSPS) is 12.2. The number of unbranched alkanes of at least 4 members (excludes halogenated alkanes) is 19. The first kappa shape index (κ1) is 32.4. The molecule has 0 saturated carbocycles. The van der Waals surface area contributed by atoms with Crippen LogP contribution < -0.4 is 0 Å². The van der Waals surface area contributed by atoms with E-state index in [1.165, 1.54) is 116 Å². The number of carbonyl (C=O) groups is 1. The fraction of sp³-hybridized carbons (Fsp3) is 0.966. The molecular formula is C29H58O4. The van der Waals surface area contributed by atoms with Crippen molar-refractivity contribution in [1.29, 1.82) is 0 Å². The predicted molar refractivity (Wildman–Crippen MR) is 141 cm³/mol. The van der Waals surface area contributed by atoms with E-state index in [0.29, 0.717) is 19.6 Å². The van der Waals surface area contributed by atoms with Gasteiger partial charge in [-0.25, -0.2) is 0 Å². The summed E-state index contributed by atoms with van der Waals surface area (Å²) < 4.78 is 11.0. The molecule has 0 aromatic rings. The van der Waals surface area contributed by atoms with Crippen LogP contribution in [0, 0.1) is 0 Å². The van der Waals surface area contributed by atoms with E-state index in [9.17, 15) is 9.90 Å². The molecule has 0 bridgehead atoms. The molecule has 0 aromatic heterocycles. The molecule has 4 nitrogen and oxygen atoms in total. The van der Waals surface area contributed by atoms with Gasteiger partial charge in [-0.15, -0.1) is 0 Å². The van der Waals surface area contributed by atoms with Gasteiger partial charge in [-0.05, 0) is 12.8 Å². The van der Waals surface area contributed by atoms with Crippen molar-refractivity contribution < 1.29 is 19.4 Å². The van der Waals surface area contributed by atoms with Crippen LogP contribution in [-0.4, -0.2) is 37.0 Å². The van der Waals surface area contributed by atoms with Crippen molar-refractivity contribution in [2.24, 2.45) is 0 Å². The fourth-order valence-corrected chi connectivity index (χ4v) is 4.21. The second-order valence-electron chi connectivity index (χ2n) is 9.84. The number of rotatable bonds is 27. The molecule has 1 atom stereocenters. The molecule has 1 N–H and O–H groups in total. The molecule has 33 heavy (non-hydrogen) atoms. The van der Waals surface area contributed by atoms with Gasteiger partial charge < -0.3 is 14.6 Å². The molecule has 0 aromatic carbocycles. The summed E-state index contributed by atoms with van der Waals surface area (Å²) >= 11 is 0. The summed E-state index contributed by atoms with van der Waals surface area (Å²) in [6.45, 7) is 5.31. The molecule has 0 aliphatic heterocycles. The number of carbonyl (C=O) groups excluding carboxylic acids is 1. The SMILES string of the molecule is CCCCCCCCCCCCCCCCCC(=O)OC(CO)COCCCCCCCC. The van der Waals surface area contributed by atoms with Crippen molar-refractivity contribution in [3.63, 3.8) is 0 Å². The van der Waals surface area contributed by atoms with Gasteiger partial charge in [0.05, 0.1) is 13.2 Å². The molecule has 0 fully saturated rings. The van der Waals surface area contributed by atoms with Crippen LogP contribution in [0.15, 0.2) is 0 Å². The van der Waals surface area contributed by atoms with Gasteiger partial charge in [0.1, 0.15) is 6.10 Å². The zero-order valence-corrected chi connectivity index (χ0v) is 22.4. The van der Waals surface area contributed by atoms with Crippen molar-refractivity contribution in [3.8, 4) is 0 Å². The average Bonchev–Trinajstić information content (AvgIpc) is 2.82. The van der Waals surface area contributed by atoms with Crippen LogP contribution in [0.2, 0.25) is 0 Å². The molecule has 0 amide bonds. The molecule has 0 radical (unpaired) electrons. The highest BCUT2D eigenvalue weighted by molar-refractivity contribution is 5.69. The molecule has 0 aliphatic rings. The Labute approximate surface area is 206 Å². The van der Waals surface area contributed by atoms with Gasteiger partial charge in [0.25, 0.3) is 0 Å². The summed E-state index contributed by atoms with van der Waals surface area (Å²) in [4.78, 5) is 12.0. The zero-order valence-electron chi connectivity index (χ0n) is 22.4. The molecule has 198 valence electrons. The largest absolute Gasteiger partial charge is 0.457 e. The molecular weight excluding hydrogens is 412 g/mol. The third-order valence-corrected chi connectivity index (χ3v) is 6.43. The number of aliphatic hydroxyl groups excluding tert-OH is 1. The minimum Gasteiger partial charge on any atom is -0.457 e. The zero-order chi connectivity index (χ0) is 24.2. The third-order valence-electron chi connectivity index (χ3n) is 6.43. The van der Waals surface area contributed by atoms with Gasteiger partial charge >= 0.3 is 5.97 Å². The second-order valence-corrected chi connectivity index (χ2v) is 9.84. The molecule has 0 heterocycles. The Bertz CT molecular complexity index is 386. The van der Waals surface area contributed by atoms with Gasteiger partial charge in [0.2, 0.25) is 0 Å². The minimum absolute atomic E-state index is 0.166. The minimum atomic E-state index is -0.520. The molecule has 0 saturated heterocycles. The van der Waals surface area contributed by atoms with Crippen LogP contribution in [0.5, 0.6) is 0 Å². The molecule has 0 spiro atoms. The Morgan fingerprint density at radius 3 is 1.42 bits per heavy atom. The maximum absolute atomic E-state index is 12.0. The van der Waals surface area contributed by atoms with Gasteiger partial charge in [-0.2, -0.15) is 0 Å². The molecule has 0 aliphatic carbocycles. The highest BCUT2D eigenvalue weighted by Crippen LogP contribution is 2.14. The topological polar surface area (TPSA) is 55.8 Å². The summed E-state index contributed by atoms with van der Waals surface area (Å²) in [7, 11) is 0. The lowest BCUT2D eigenvalue weighted by atomic mass is 10.0. The molecule has 0 rings (SSSR count). The van der Waals surface area contributed by atoms with E-state index in [1.54, 1.807) is 0 Å². The van der Waals surface area contributed by atoms with Crippen molar-refractivity contribution in [3.05, 3.63) is 0 Å². The molecule has 4 heteroatoms. The Morgan fingerprint density at radius 1 is 0.606 bits per heavy atom. The summed E-state index contributed by atoms with van der Waals surface area (Å²) in [6.07, 6.45) is 27.0. The van der Waals surface area contributed by atoms with Crippen LogP contribution in [-0.2, 0) is 14.3 Å². The van der Waals surface area contributed by atoms with Crippen LogP contribution in [0.1, 0.15) is 155 Å². The third kappa shape index (κ3) is 25.8. The Hall–Kier alpha value is -0.610. The monoisotopic (exact) mass is 470 g/mol. The van der Waals surface area contributed by atoms with E-state index in [4.69, 9.17) is 9.47 Å². The highest BCUT2D eigenvalue weighted by Gasteiger charge is 2.13. The van der Waals surface area contributed by atoms with Crippen LogP contribution >= 0.6 is 0 Å². The Kier molecular flexibility index (Phi) is 27.1. The quantitative estimate of drug-likeness (QED) is 0.0965. The maximum Gasteiger partial charge on any atom is 0.306 e. The fourth-order valence-electron chi connectivity index (χ4n) is 4.21. The average molecular weight is 471 g/mol. The lowest BCUT2D eigenvalue weighted by Gasteiger charge is -2.15. The summed E-state index contributed by atoms with van der Waals surface area (Å²) in [5, 5.41) is 9.42. The smallest absolute Gasteiger partial charge is 0.306 e. The predicted octanol–water partition coefficient (Wildman–Crippen LogP) is 8.53. The lowest BCUT2D eigenvalue weighted by Crippen LogP contribution is -2.27. The van der Waals surface area contributed by atoms with E-state index in [-0.39, 0.29) is 12.6 Å². The van der Waals surface area contributed by atoms with Crippen LogP contribution in [0.25, 0.3) is 0 Å². The maximum atomic E-state index is 12.0. The van der Waals surface area contributed by atoms with Crippen molar-refractivity contribution in [1.82, 2.24) is 0 Å². The second kappa shape index (κ2) is 27.6. The number of ether oxygens (including phenoxy) is 2. The number of hydrogen-bond acceptors (Lipinski definition) is 4. The number of esters is 1. The van der Waals surface area contributed by atoms with Crippen molar-refractivity contribution in [2.75, 3.05) is 19.8 Å². The van der Waals surface area contributed by atoms with Crippen LogP contribution in [0.3, 0.4) is 0 Å². The lowest BCUT2D eigenvalue weighted by molar-refractivity contribution is -0.154. The van der Waals surface area contributed by atoms with E-state index in [2.05, 4.69) is 13.8 Å². The van der Waals surface area contributed by atoms with Gasteiger partial charge in [-0.1, -0.05) is 136 Å². The Balaban J connectivity index is 3.39. The highest BCUT2D eigenvalue weighted by atomic mass is 16.6. The van der Waals surface area contributed by atoms with E-state index in [0.717, 1.165) is 19.3 Å². The first-order valence-corrected chi connectivity index (χ1v) is 14.6. The number of aliphatic hydroxyl groups is 1. The van der Waals surface area contributed by atoms with E-state index >= 15 is 0 Å². The molecule has 1 unspecified atom stereocenters. The van der Waals surface area contributed by atoms with E-state index in [1.807, 2.05) is 0 Å². The van der Waals surface area contributed by atoms with Crippen molar-refractivity contribution >= 4 is 5.97 Å². The van der Waals surface area contributed by atoms with Gasteiger partial charge in [-0.3, -0.25) is 4.79 Å². The summed E-state index contributed by atoms with van der Waals surface area (Å²) in [6, 6.07) is 0. The first-order valence-electron chi connectivity index (χ1n) is 14.6. The van der Waals surface area contributed by atoms with Gasteiger partial charge in [0.15, 0.2) is 0 Å². The number of hydrogen-bond donors (Lipinski definition) is 1.